The van der Waals surface area contributed by atoms with Gasteiger partial charge in [0.15, 0.2) is 0 Å². The highest BCUT2D eigenvalue weighted by molar-refractivity contribution is 5.85. The number of piperidine rings is 1. The van der Waals surface area contributed by atoms with Gasteiger partial charge in [-0.1, -0.05) is 12.8 Å². The number of primary amides is 1. The molecule has 1 saturated carbocycles. The van der Waals surface area contributed by atoms with Crippen molar-refractivity contribution < 1.29 is 4.79 Å². The third kappa shape index (κ3) is 1.54. The predicted molar refractivity (Wildman–Crippen MR) is 55.7 cm³/mol. The van der Waals surface area contributed by atoms with E-state index in [-0.39, 0.29) is 11.4 Å². The fraction of sp³-hybridized carbons (Fsp3) is 0.909. The van der Waals surface area contributed by atoms with Crippen LogP contribution in [0.4, 0.5) is 0 Å². The van der Waals surface area contributed by atoms with E-state index in [4.69, 9.17) is 5.73 Å². The van der Waals surface area contributed by atoms with Crippen molar-refractivity contribution in [1.82, 2.24) is 5.32 Å². The number of rotatable bonds is 2. The zero-order valence-corrected chi connectivity index (χ0v) is 8.72. The van der Waals surface area contributed by atoms with Crippen LogP contribution < -0.4 is 11.1 Å². The lowest BCUT2D eigenvalue weighted by Crippen LogP contribution is -2.61. The molecule has 2 fully saturated rings. The third-order valence-corrected chi connectivity index (χ3v) is 3.93. The number of carbonyl (C=O) groups is 1. The lowest BCUT2D eigenvalue weighted by atomic mass is 9.76. The van der Waals surface area contributed by atoms with Gasteiger partial charge in [0.2, 0.25) is 5.91 Å². The molecule has 0 aromatic heterocycles. The number of hydrogen-bond donors (Lipinski definition) is 2. The van der Waals surface area contributed by atoms with Gasteiger partial charge < -0.3 is 11.1 Å². The van der Waals surface area contributed by atoms with Crippen molar-refractivity contribution in [1.29, 1.82) is 0 Å². The molecule has 14 heavy (non-hydrogen) atoms. The van der Waals surface area contributed by atoms with Crippen LogP contribution in [-0.2, 0) is 4.79 Å². The van der Waals surface area contributed by atoms with Gasteiger partial charge in [0.25, 0.3) is 0 Å². The Morgan fingerprint density at radius 1 is 1.21 bits per heavy atom. The SMILES string of the molecule is NC(=O)C1(C2CCCC2)CCCCN1. The van der Waals surface area contributed by atoms with Gasteiger partial charge >= 0.3 is 0 Å². The molecule has 1 unspecified atom stereocenters. The zero-order chi connectivity index (χ0) is 10.0. The van der Waals surface area contributed by atoms with Gasteiger partial charge in [-0.15, -0.1) is 0 Å². The van der Waals surface area contributed by atoms with E-state index in [1.54, 1.807) is 0 Å². The summed E-state index contributed by atoms with van der Waals surface area (Å²) in [7, 11) is 0. The first-order chi connectivity index (χ1) is 6.76. The Kier molecular flexibility index (Phi) is 2.77. The van der Waals surface area contributed by atoms with Crippen LogP contribution in [0.15, 0.2) is 0 Å². The number of nitrogens with two attached hydrogens (primary N) is 1. The topological polar surface area (TPSA) is 55.1 Å². The molecular formula is C11H20N2O. The molecule has 1 atom stereocenters. The van der Waals surface area contributed by atoms with Crippen LogP contribution in [0.25, 0.3) is 0 Å². The molecule has 1 aliphatic heterocycles. The van der Waals surface area contributed by atoms with Gasteiger partial charge in [-0.25, -0.2) is 0 Å². The van der Waals surface area contributed by atoms with E-state index in [0.29, 0.717) is 5.92 Å². The van der Waals surface area contributed by atoms with Gasteiger partial charge in [0.1, 0.15) is 5.54 Å². The van der Waals surface area contributed by atoms with Crippen molar-refractivity contribution in [3.63, 3.8) is 0 Å². The smallest absolute Gasteiger partial charge is 0.238 e. The number of nitrogens with one attached hydrogen (secondary N) is 1. The highest BCUT2D eigenvalue weighted by atomic mass is 16.1. The fourth-order valence-corrected chi connectivity index (χ4v) is 3.11. The van der Waals surface area contributed by atoms with E-state index >= 15 is 0 Å². The Balaban J connectivity index is 2.15. The molecule has 2 aliphatic rings. The van der Waals surface area contributed by atoms with Crippen LogP contribution in [-0.4, -0.2) is 18.0 Å². The maximum atomic E-state index is 11.6. The third-order valence-electron chi connectivity index (χ3n) is 3.93. The minimum Gasteiger partial charge on any atom is -0.368 e. The maximum Gasteiger partial charge on any atom is 0.238 e. The summed E-state index contributed by atoms with van der Waals surface area (Å²) < 4.78 is 0. The Hall–Kier alpha value is -0.570. The summed E-state index contributed by atoms with van der Waals surface area (Å²) in [6.07, 6.45) is 8.16. The first kappa shape index (κ1) is 9.97. The average Bonchev–Trinajstić information content (AvgIpc) is 2.72. The lowest BCUT2D eigenvalue weighted by Gasteiger charge is -2.40. The van der Waals surface area contributed by atoms with E-state index in [9.17, 15) is 4.79 Å². The Bertz CT molecular complexity index is 215. The molecule has 1 amide bonds. The molecule has 0 radical (unpaired) electrons. The number of hydrogen-bond acceptors (Lipinski definition) is 2. The minimum atomic E-state index is -0.352. The summed E-state index contributed by atoms with van der Waals surface area (Å²) in [5, 5.41) is 3.40. The van der Waals surface area contributed by atoms with Crippen LogP contribution in [0.3, 0.4) is 0 Å². The second kappa shape index (κ2) is 3.89. The molecule has 80 valence electrons. The van der Waals surface area contributed by atoms with Crippen molar-refractivity contribution in [3.05, 3.63) is 0 Å². The Morgan fingerprint density at radius 3 is 2.43 bits per heavy atom. The van der Waals surface area contributed by atoms with Crippen molar-refractivity contribution in [2.75, 3.05) is 6.54 Å². The molecule has 3 N–H and O–H groups in total. The lowest BCUT2D eigenvalue weighted by molar-refractivity contribution is -0.127. The van der Waals surface area contributed by atoms with E-state index in [0.717, 1.165) is 19.4 Å². The Morgan fingerprint density at radius 2 is 1.93 bits per heavy atom. The van der Waals surface area contributed by atoms with Crippen LogP contribution in [0.5, 0.6) is 0 Å². The summed E-state index contributed by atoms with van der Waals surface area (Å²) in [6, 6.07) is 0. The Labute approximate surface area is 85.4 Å². The number of amides is 1. The highest BCUT2D eigenvalue weighted by Crippen LogP contribution is 2.38. The minimum absolute atomic E-state index is 0.121. The summed E-state index contributed by atoms with van der Waals surface area (Å²) in [4.78, 5) is 11.6. The van der Waals surface area contributed by atoms with Crippen LogP contribution in [0, 0.1) is 5.92 Å². The molecule has 3 heteroatoms. The van der Waals surface area contributed by atoms with Crippen molar-refractivity contribution >= 4 is 5.91 Å². The molecule has 0 spiro atoms. The molecule has 0 aromatic rings. The quantitative estimate of drug-likeness (QED) is 0.696. The van der Waals surface area contributed by atoms with Crippen molar-refractivity contribution in [2.45, 2.75) is 50.5 Å². The largest absolute Gasteiger partial charge is 0.368 e. The average molecular weight is 196 g/mol. The number of carbonyl (C=O) groups excluding carboxylic acids is 1. The summed E-state index contributed by atoms with van der Waals surface area (Å²) in [5.74, 6) is 0.379. The summed E-state index contributed by atoms with van der Waals surface area (Å²) in [6.45, 7) is 0.958. The molecule has 0 bridgehead atoms. The standard InChI is InChI=1S/C11H20N2O/c12-10(14)11(7-3-4-8-13-11)9-5-1-2-6-9/h9,13H,1-8H2,(H2,12,14). The predicted octanol–water partition coefficient (Wildman–Crippen LogP) is 1.17. The summed E-state index contributed by atoms with van der Waals surface area (Å²) >= 11 is 0. The van der Waals surface area contributed by atoms with Gasteiger partial charge in [0, 0.05) is 0 Å². The molecule has 0 aromatic carbocycles. The molecule has 1 heterocycles. The fourth-order valence-electron chi connectivity index (χ4n) is 3.11. The molecule has 2 rings (SSSR count). The molecule has 1 aliphatic carbocycles. The van der Waals surface area contributed by atoms with Crippen LogP contribution in [0.2, 0.25) is 0 Å². The van der Waals surface area contributed by atoms with E-state index in [1.807, 2.05) is 0 Å². The van der Waals surface area contributed by atoms with E-state index in [2.05, 4.69) is 5.32 Å². The summed E-state index contributed by atoms with van der Waals surface area (Å²) in [5.41, 5.74) is 5.23. The van der Waals surface area contributed by atoms with Crippen molar-refractivity contribution in [2.24, 2.45) is 11.7 Å². The zero-order valence-electron chi connectivity index (χ0n) is 8.72. The highest BCUT2D eigenvalue weighted by Gasteiger charge is 2.45. The van der Waals surface area contributed by atoms with E-state index in [1.165, 1.54) is 32.1 Å². The maximum absolute atomic E-state index is 11.6. The van der Waals surface area contributed by atoms with Crippen LogP contribution in [0.1, 0.15) is 44.9 Å². The first-order valence-corrected chi connectivity index (χ1v) is 5.81. The van der Waals surface area contributed by atoms with Gasteiger partial charge in [-0.05, 0) is 44.6 Å². The second-order valence-electron chi connectivity index (χ2n) is 4.70. The van der Waals surface area contributed by atoms with Crippen molar-refractivity contribution in [3.8, 4) is 0 Å². The first-order valence-electron chi connectivity index (χ1n) is 5.81. The van der Waals surface area contributed by atoms with Gasteiger partial charge in [0.05, 0.1) is 0 Å². The monoisotopic (exact) mass is 196 g/mol. The second-order valence-corrected chi connectivity index (χ2v) is 4.70. The van der Waals surface area contributed by atoms with Gasteiger partial charge in [-0.3, -0.25) is 4.79 Å². The van der Waals surface area contributed by atoms with Crippen LogP contribution >= 0.6 is 0 Å². The molecular weight excluding hydrogens is 176 g/mol. The van der Waals surface area contributed by atoms with E-state index < -0.39 is 0 Å². The molecule has 1 saturated heterocycles. The normalized spacial score (nSPS) is 34.6. The molecule has 3 nitrogen and oxygen atoms in total. The van der Waals surface area contributed by atoms with Gasteiger partial charge in [-0.2, -0.15) is 0 Å².